The van der Waals surface area contributed by atoms with Crippen LogP contribution in [0.2, 0.25) is 18.1 Å². The van der Waals surface area contributed by atoms with Gasteiger partial charge in [-0.2, -0.15) is 0 Å². The van der Waals surface area contributed by atoms with Gasteiger partial charge < -0.3 is 33.9 Å². The summed E-state index contributed by atoms with van der Waals surface area (Å²) in [7, 11) is 1.72. The van der Waals surface area contributed by atoms with Gasteiger partial charge in [-0.3, -0.25) is 4.90 Å². The maximum Gasteiger partial charge on any atom is 0.410 e. The molecule has 3 unspecified atom stereocenters. The zero-order valence-electron chi connectivity index (χ0n) is 26.2. The molecule has 1 saturated heterocycles. The number of esters is 2. The lowest BCUT2D eigenvalue weighted by molar-refractivity contribution is -0.142. The molecular weight excluding hydrogens is 538 g/mol. The second-order valence-corrected chi connectivity index (χ2v) is 17.1. The third-order valence-corrected chi connectivity index (χ3v) is 11.8. The second-order valence-electron chi connectivity index (χ2n) is 12.4. The van der Waals surface area contributed by atoms with E-state index in [0.29, 0.717) is 12.8 Å². The molecule has 40 heavy (non-hydrogen) atoms. The van der Waals surface area contributed by atoms with E-state index in [2.05, 4.69) is 55.4 Å². The van der Waals surface area contributed by atoms with Crippen molar-refractivity contribution in [2.45, 2.75) is 109 Å². The largest absolute Gasteiger partial charge is 0.466 e. The molecule has 0 aromatic rings. The van der Waals surface area contributed by atoms with E-state index < -0.39 is 43.2 Å². The molecule has 1 fully saturated rings. The predicted molar refractivity (Wildman–Crippen MR) is 153 cm³/mol. The average Bonchev–Trinajstić information content (AvgIpc) is 2.86. The monoisotopic (exact) mass is 587 g/mol. The molecule has 230 valence electrons. The molecule has 0 aromatic heterocycles. The van der Waals surface area contributed by atoms with Crippen LogP contribution in [0, 0.1) is 0 Å². The van der Waals surface area contributed by atoms with Gasteiger partial charge in [0.15, 0.2) is 14.2 Å². The molecule has 12 nitrogen and oxygen atoms in total. The summed E-state index contributed by atoms with van der Waals surface area (Å²) in [5, 5.41) is 3.95. The number of amidine groups is 1. The zero-order chi connectivity index (χ0) is 31.1. The van der Waals surface area contributed by atoms with E-state index in [-0.39, 0.29) is 29.7 Å². The van der Waals surface area contributed by atoms with Crippen molar-refractivity contribution in [3.63, 3.8) is 0 Å². The van der Waals surface area contributed by atoms with Crippen molar-refractivity contribution in [3.05, 3.63) is 11.8 Å². The molecule has 1 aliphatic rings. The minimum atomic E-state index is -2.07. The van der Waals surface area contributed by atoms with Gasteiger partial charge in [0.25, 0.3) is 0 Å². The molecule has 13 heteroatoms. The molecule has 0 aromatic carbocycles. The third kappa shape index (κ3) is 9.20. The Hall–Kier alpha value is -2.64. The van der Waals surface area contributed by atoms with Crippen LogP contribution in [0.3, 0.4) is 0 Å². The van der Waals surface area contributed by atoms with Gasteiger partial charge in [-0.1, -0.05) is 32.9 Å². The van der Waals surface area contributed by atoms with Crippen molar-refractivity contribution in [3.8, 4) is 0 Å². The minimum absolute atomic E-state index is 0.0270. The average molecular weight is 588 g/mol. The molecule has 0 aliphatic carbocycles. The van der Waals surface area contributed by atoms with Gasteiger partial charge in [-0.25, -0.2) is 14.4 Å². The van der Waals surface area contributed by atoms with Crippen molar-refractivity contribution in [2.75, 3.05) is 27.9 Å². The van der Waals surface area contributed by atoms with E-state index in [1.54, 1.807) is 20.8 Å². The number of amides is 1. The summed E-state index contributed by atoms with van der Waals surface area (Å²) in [6, 6.07) is 0. The van der Waals surface area contributed by atoms with E-state index in [4.69, 9.17) is 24.5 Å². The first-order chi connectivity index (χ1) is 18.2. The number of likely N-dealkylation sites (N-methyl/N-ethyl adjacent to an activating group) is 1. The van der Waals surface area contributed by atoms with Gasteiger partial charge in [0, 0.05) is 7.05 Å². The van der Waals surface area contributed by atoms with Crippen LogP contribution in [0.1, 0.15) is 67.7 Å². The number of nitrogens with two attached hydrogens (primary N) is 1. The summed E-state index contributed by atoms with van der Waals surface area (Å²) >= 11 is 0. The van der Waals surface area contributed by atoms with Crippen LogP contribution in [0.4, 0.5) is 4.79 Å². The number of carbonyl (C=O) groups excluding carboxylic acids is 3. The summed E-state index contributed by atoms with van der Waals surface area (Å²) in [6.07, 6.45) is 1.35. The molecule has 0 radical (unpaired) electrons. The summed E-state index contributed by atoms with van der Waals surface area (Å²) in [4.78, 5) is 43.5. The fraction of sp³-hybridized carbons (Fsp3) is 0.778. The SMILES string of the molecule is CCC(O[Si](C)(C)C(C)(C)C)C1CCC(/C(N)=N/O/C(=C/C(=O)OC)C(=O)OC)(N(C)C(=O)OC(C)(C)C)CO1. The van der Waals surface area contributed by atoms with Gasteiger partial charge in [-0.05, 0) is 58.2 Å². The highest BCUT2D eigenvalue weighted by molar-refractivity contribution is 6.74. The lowest BCUT2D eigenvalue weighted by Crippen LogP contribution is -2.64. The Morgan fingerprint density at radius 1 is 1.15 bits per heavy atom. The standard InChI is InChI=1S/C27H49N3O9Si/c1-13-18(39-40(11,12)26(5,6)7)19-14-15-27(17-36-19,30(8)24(33)37-25(2,3)4)23(28)29-38-20(22(32)35-10)16-21(31)34-9/h16,18-19H,13-15,17H2,1-12H3,(H2,28,29)/b20-16+. The van der Waals surface area contributed by atoms with Crippen molar-refractivity contribution in [1.82, 2.24) is 4.90 Å². The number of methoxy groups -OCH3 is 2. The van der Waals surface area contributed by atoms with Gasteiger partial charge in [0.2, 0.25) is 5.76 Å². The number of hydrogen-bond acceptors (Lipinski definition) is 10. The lowest BCUT2D eigenvalue weighted by Gasteiger charge is -2.47. The van der Waals surface area contributed by atoms with Crippen LogP contribution >= 0.6 is 0 Å². The number of carbonyl (C=O) groups is 3. The first kappa shape index (κ1) is 35.4. The van der Waals surface area contributed by atoms with Crippen LogP contribution in [0.5, 0.6) is 0 Å². The van der Waals surface area contributed by atoms with E-state index in [1.165, 1.54) is 11.9 Å². The molecule has 1 heterocycles. The van der Waals surface area contributed by atoms with Crippen LogP contribution in [0.15, 0.2) is 17.0 Å². The molecular formula is C27H49N3O9Si. The van der Waals surface area contributed by atoms with E-state index in [0.717, 1.165) is 26.7 Å². The second kappa shape index (κ2) is 13.8. The molecule has 0 saturated carbocycles. The Morgan fingerprint density at radius 2 is 1.75 bits per heavy atom. The first-order valence-corrected chi connectivity index (χ1v) is 16.3. The van der Waals surface area contributed by atoms with E-state index in [9.17, 15) is 14.4 Å². The number of hydrogen-bond donors (Lipinski definition) is 1. The fourth-order valence-corrected chi connectivity index (χ4v) is 5.20. The van der Waals surface area contributed by atoms with Gasteiger partial charge >= 0.3 is 18.0 Å². The molecule has 1 amide bonds. The van der Waals surface area contributed by atoms with Crippen molar-refractivity contribution < 1.29 is 42.6 Å². The molecule has 2 N–H and O–H groups in total. The first-order valence-electron chi connectivity index (χ1n) is 13.4. The Labute approximate surface area is 239 Å². The van der Waals surface area contributed by atoms with Gasteiger partial charge in [0.1, 0.15) is 11.1 Å². The third-order valence-electron chi connectivity index (χ3n) is 7.31. The van der Waals surface area contributed by atoms with Crippen molar-refractivity contribution >= 4 is 32.2 Å². The van der Waals surface area contributed by atoms with Crippen LogP contribution in [0.25, 0.3) is 0 Å². The van der Waals surface area contributed by atoms with Crippen molar-refractivity contribution in [1.29, 1.82) is 0 Å². The summed E-state index contributed by atoms with van der Waals surface area (Å²) in [5.41, 5.74) is 4.39. The van der Waals surface area contributed by atoms with Crippen LogP contribution < -0.4 is 5.73 Å². The Bertz CT molecular complexity index is 959. The quantitative estimate of drug-likeness (QED) is 0.0579. The lowest BCUT2D eigenvalue weighted by atomic mass is 9.86. The molecule has 1 aliphatic heterocycles. The van der Waals surface area contributed by atoms with Gasteiger partial charge in [0.05, 0.1) is 39.1 Å². The Morgan fingerprint density at radius 3 is 2.17 bits per heavy atom. The van der Waals surface area contributed by atoms with Gasteiger partial charge in [-0.15, -0.1) is 0 Å². The van der Waals surface area contributed by atoms with E-state index >= 15 is 0 Å². The molecule has 3 atom stereocenters. The number of oxime groups is 1. The maximum absolute atomic E-state index is 13.1. The van der Waals surface area contributed by atoms with Crippen molar-refractivity contribution in [2.24, 2.45) is 10.9 Å². The molecule has 0 bridgehead atoms. The highest BCUT2D eigenvalue weighted by atomic mass is 28.4. The zero-order valence-corrected chi connectivity index (χ0v) is 27.2. The van der Waals surface area contributed by atoms with E-state index in [1.807, 2.05) is 0 Å². The highest BCUT2D eigenvalue weighted by Gasteiger charge is 2.49. The number of ether oxygens (including phenoxy) is 4. The molecule has 0 spiro atoms. The predicted octanol–water partition coefficient (Wildman–Crippen LogP) is 4.09. The smallest absolute Gasteiger partial charge is 0.410 e. The van der Waals surface area contributed by atoms with Crippen LogP contribution in [-0.2, 0) is 37.8 Å². The topological polar surface area (TPSA) is 148 Å². The Balaban J connectivity index is 3.38. The maximum atomic E-state index is 13.1. The van der Waals surface area contributed by atoms with Crippen LogP contribution in [-0.4, -0.2) is 88.3 Å². The number of rotatable bonds is 10. The minimum Gasteiger partial charge on any atom is -0.466 e. The summed E-state index contributed by atoms with van der Waals surface area (Å²) in [6.45, 7) is 18.2. The summed E-state index contributed by atoms with van der Waals surface area (Å²) < 4.78 is 27.8. The normalized spacial score (nSPS) is 21.8. The summed E-state index contributed by atoms with van der Waals surface area (Å²) in [5.74, 6) is -2.52. The fourth-order valence-electron chi connectivity index (χ4n) is 3.77. The molecule has 1 rings (SSSR count). The Kier molecular flexibility index (Phi) is 12.2. The highest BCUT2D eigenvalue weighted by Crippen LogP contribution is 2.40. The number of nitrogens with zero attached hydrogens (tertiary/aromatic N) is 2.